The van der Waals surface area contributed by atoms with Gasteiger partial charge in [0.1, 0.15) is 17.1 Å². The molecule has 0 spiro atoms. The highest BCUT2D eigenvalue weighted by atomic mass is 32.1. The lowest BCUT2D eigenvalue weighted by atomic mass is 10.2. The predicted octanol–water partition coefficient (Wildman–Crippen LogP) is 4.78. The number of nitro groups is 1. The Morgan fingerprint density at radius 3 is 2.61 bits per heavy atom. The molecule has 9 heteroatoms. The number of furan rings is 1. The van der Waals surface area contributed by atoms with Crippen molar-refractivity contribution in [1.29, 1.82) is 0 Å². The highest BCUT2D eigenvalue weighted by molar-refractivity contribution is 7.22. The van der Waals surface area contributed by atoms with E-state index in [-0.39, 0.29) is 23.3 Å². The van der Waals surface area contributed by atoms with E-state index in [1.165, 1.54) is 52.8 Å². The number of nitro benzene ring substituents is 1. The van der Waals surface area contributed by atoms with Gasteiger partial charge in [0.15, 0.2) is 5.13 Å². The van der Waals surface area contributed by atoms with E-state index in [2.05, 4.69) is 4.98 Å². The summed E-state index contributed by atoms with van der Waals surface area (Å²) >= 11 is 1.18. The number of anilines is 1. The molecule has 0 aliphatic carbocycles. The minimum absolute atomic E-state index is 0.0876. The molecule has 0 saturated carbocycles. The molecule has 7 nitrogen and oxygen atoms in total. The molecular weight excluding hydrogens is 385 g/mol. The Bertz CT molecular complexity index is 1160. The molecule has 0 bridgehead atoms. The highest BCUT2D eigenvalue weighted by Gasteiger charge is 2.24. The van der Waals surface area contributed by atoms with E-state index in [0.29, 0.717) is 15.6 Å². The van der Waals surface area contributed by atoms with Gasteiger partial charge in [-0.3, -0.25) is 19.8 Å². The third kappa shape index (κ3) is 3.35. The van der Waals surface area contributed by atoms with Crippen molar-refractivity contribution >= 4 is 38.3 Å². The average Bonchev–Trinajstić information content (AvgIpc) is 3.36. The Balaban J connectivity index is 1.74. The molecule has 4 aromatic rings. The Kier molecular flexibility index (Phi) is 4.58. The Morgan fingerprint density at radius 2 is 1.96 bits per heavy atom. The predicted molar refractivity (Wildman–Crippen MR) is 102 cm³/mol. The second kappa shape index (κ2) is 7.20. The number of hydrogen-bond donors (Lipinski definition) is 0. The minimum atomic E-state index is -0.537. The first-order valence-electron chi connectivity index (χ1n) is 8.16. The highest BCUT2D eigenvalue weighted by Crippen LogP contribution is 2.32. The van der Waals surface area contributed by atoms with Crippen LogP contribution in [0.15, 0.2) is 65.3 Å². The van der Waals surface area contributed by atoms with Gasteiger partial charge in [0, 0.05) is 17.7 Å². The number of fused-ring (bicyclic) bond motifs is 1. The van der Waals surface area contributed by atoms with Crippen LogP contribution in [-0.2, 0) is 6.54 Å². The third-order valence-corrected chi connectivity index (χ3v) is 5.10. The third-order valence-electron chi connectivity index (χ3n) is 4.05. The van der Waals surface area contributed by atoms with Crippen molar-refractivity contribution in [1.82, 2.24) is 4.98 Å². The number of aromatic nitrogens is 1. The number of carbonyl (C=O) groups excluding carboxylic acids is 1. The number of nitrogens with zero attached hydrogens (tertiary/aromatic N) is 3. The van der Waals surface area contributed by atoms with Crippen LogP contribution in [0, 0.1) is 15.9 Å². The summed E-state index contributed by atoms with van der Waals surface area (Å²) in [6.45, 7) is 0.0876. The maximum Gasteiger partial charge on any atom is 0.269 e. The average molecular weight is 397 g/mol. The van der Waals surface area contributed by atoms with Crippen molar-refractivity contribution in [3.8, 4) is 0 Å². The molecule has 0 unspecified atom stereocenters. The molecule has 4 rings (SSSR count). The first kappa shape index (κ1) is 17.8. The summed E-state index contributed by atoms with van der Waals surface area (Å²) in [6.07, 6.45) is 1.49. The van der Waals surface area contributed by atoms with Crippen LogP contribution in [0.5, 0.6) is 0 Å². The number of rotatable bonds is 5. The molecule has 0 aliphatic rings. The monoisotopic (exact) mass is 397 g/mol. The van der Waals surface area contributed by atoms with E-state index in [9.17, 15) is 19.3 Å². The molecule has 0 fully saturated rings. The summed E-state index contributed by atoms with van der Waals surface area (Å²) in [7, 11) is 0. The van der Waals surface area contributed by atoms with Crippen molar-refractivity contribution in [3.05, 3.63) is 88.1 Å². The van der Waals surface area contributed by atoms with Gasteiger partial charge in [0.2, 0.25) is 0 Å². The lowest BCUT2D eigenvalue weighted by Gasteiger charge is -2.18. The van der Waals surface area contributed by atoms with Crippen LogP contribution in [0.2, 0.25) is 0 Å². The molecular formula is C19H12FN3O4S. The van der Waals surface area contributed by atoms with E-state index in [0.717, 1.165) is 0 Å². The first-order chi connectivity index (χ1) is 13.5. The molecule has 2 aromatic carbocycles. The smallest absolute Gasteiger partial charge is 0.269 e. The van der Waals surface area contributed by atoms with Crippen LogP contribution in [0.1, 0.15) is 16.1 Å². The maximum absolute atomic E-state index is 14.0. The van der Waals surface area contributed by atoms with E-state index >= 15 is 0 Å². The van der Waals surface area contributed by atoms with Crippen LogP contribution < -0.4 is 4.90 Å². The van der Waals surface area contributed by atoms with Gasteiger partial charge in [-0.15, -0.1) is 0 Å². The molecule has 1 amide bonds. The van der Waals surface area contributed by atoms with Gasteiger partial charge in [0.25, 0.3) is 11.6 Å². The minimum Gasteiger partial charge on any atom is -0.467 e. The lowest BCUT2D eigenvalue weighted by Crippen LogP contribution is -2.30. The van der Waals surface area contributed by atoms with Crippen LogP contribution in [0.25, 0.3) is 10.2 Å². The number of thiazole rings is 1. The topological polar surface area (TPSA) is 89.5 Å². The number of halogens is 1. The fourth-order valence-corrected chi connectivity index (χ4v) is 3.66. The number of non-ortho nitro benzene ring substituents is 1. The standard InChI is InChI=1S/C19H12FN3O4S/c20-15-4-1-5-16-17(15)21-19(28-16)22(11-14-3-2-10-27-14)18(24)12-6-8-13(9-7-12)23(25)26/h1-10H,11H2. The molecule has 2 heterocycles. The molecule has 0 saturated heterocycles. The normalized spacial score (nSPS) is 10.9. The molecule has 140 valence electrons. The van der Waals surface area contributed by atoms with E-state index in [4.69, 9.17) is 4.42 Å². The van der Waals surface area contributed by atoms with Crippen molar-refractivity contribution in [2.45, 2.75) is 6.54 Å². The molecule has 2 aromatic heterocycles. The molecule has 0 aliphatic heterocycles. The maximum atomic E-state index is 14.0. The zero-order chi connectivity index (χ0) is 19.7. The second-order valence-corrected chi connectivity index (χ2v) is 6.87. The number of hydrogen-bond acceptors (Lipinski definition) is 6. The summed E-state index contributed by atoms with van der Waals surface area (Å²) in [6, 6.07) is 13.3. The van der Waals surface area contributed by atoms with E-state index in [1.54, 1.807) is 24.3 Å². The van der Waals surface area contributed by atoms with Gasteiger partial charge in [-0.2, -0.15) is 0 Å². The van der Waals surface area contributed by atoms with Crippen LogP contribution >= 0.6 is 11.3 Å². The first-order valence-corrected chi connectivity index (χ1v) is 8.98. The summed E-state index contributed by atoms with van der Waals surface area (Å²) in [5.41, 5.74) is 0.316. The van der Waals surface area contributed by atoms with Crippen LogP contribution in [-0.4, -0.2) is 15.8 Å². The second-order valence-electron chi connectivity index (χ2n) is 5.86. The Labute approximate surface area is 161 Å². The van der Waals surface area contributed by atoms with Gasteiger partial charge < -0.3 is 4.42 Å². The Morgan fingerprint density at radius 1 is 1.18 bits per heavy atom. The Hall–Kier alpha value is -3.59. The van der Waals surface area contributed by atoms with Crippen molar-refractivity contribution in [2.75, 3.05) is 4.90 Å². The van der Waals surface area contributed by atoms with Crippen LogP contribution in [0.4, 0.5) is 15.2 Å². The van der Waals surface area contributed by atoms with Crippen molar-refractivity contribution in [2.24, 2.45) is 0 Å². The number of carbonyl (C=O) groups is 1. The van der Waals surface area contributed by atoms with Gasteiger partial charge in [-0.1, -0.05) is 17.4 Å². The van der Waals surface area contributed by atoms with Crippen molar-refractivity contribution < 1.29 is 18.5 Å². The quantitative estimate of drug-likeness (QED) is 0.357. The number of para-hydroxylation sites is 1. The molecule has 0 atom stereocenters. The summed E-state index contributed by atoms with van der Waals surface area (Å²) < 4.78 is 20.0. The summed E-state index contributed by atoms with van der Waals surface area (Å²) in [5.74, 6) is -0.374. The lowest BCUT2D eigenvalue weighted by molar-refractivity contribution is -0.384. The molecule has 28 heavy (non-hydrogen) atoms. The van der Waals surface area contributed by atoms with Gasteiger partial charge in [-0.25, -0.2) is 9.37 Å². The van der Waals surface area contributed by atoms with Crippen LogP contribution in [0.3, 0.4) is 0 Å². The zero-order valence-corrected chi connectivity index (χ0v) is 15.1. The number of benzene rings is 2. The molecule has 0 radical (unpaired) electrons. The fraction of sp³-hybridized carbons (Fsp3) is 0.0526. The summed E-state index contributed by atoms with van der Waals surface area (Å²) in [4.78, 5) is 29.0. The SMILES string of the molecule is O=C(c1ccc([N+](=O)[O-])cc1)N(Cc1ccco1)c1nc2c(F)cccc2s1. The van der Waals surface area contributed by atoms with Gasteiger partial charge in [-0.05, 0) is 36.4 Å². The van der Waals surface area contributed by atoms with Gasteiger partial charge in [0.05, 0.1) is 22.4 Å². The fourth-order valence-electron chi connectivity index (χ4n) is 2.68. The molecule has 0 N–H and O–H groups in total. The largest absolute Gasteiger partial charge is 0.467 e. The zero-order valence-electron chi connectivity index (χ0n) is 14.2. The van der Waals surface area contributed by atoms with Gasteiger partial charge >= 0.3 is 0 Å². The summed E-state index contributed by atoms with van der Waals surface area (Å²) in [5, 5.41) is 11.1. The van der Waals surface area contributed by atoms with Crippen molar-refractivity contribution in [3.63, 3.8) is 0 Å². The number of amides is 1. The van der Waals surface area contributed by atoms with E-state index in [1.807, 2.05) is 0 Å². The van der Waals surface area contributed by atoms with E-state index < -0.39 is 16.6 Å².